The predicted molar refractivity (Wildman–Crippen MR) is 47.5 cm³/mol. The second-order valence-electron chi connectivity index (χ2n) is 2.85. The number of aliphatic hydroxyl groups is 1. The van der Waals surface area contributed by atoms with Crippen molar-refractivity contribution in [2.75, 3.05) is 5.73 Å². The van der Waals surface area contributed by atoms with Crippen LogP contribution in [-0.2, 0) is 6.42 Å². The molecule has 0 amide bonds. The molecule has 0 saturated carbocycles. The number of rotatable bonds is 2. The Balaban J connectivity index is 3.22. The number of hydrogen-bond donors (Lipinski definition) is 4. The molecule has 0 aliphatic carbocycles. The second-order valence-corrected chi connectivity index (χ2v) is 2.85. The molecule has 0 aliphatic rings. The van der Waals surface area contributed by atoms with Crippen LogP contribution in [0.1, 0.15) is 12.5 Å². The monoisotopic (exact) mass is 185 g/mol. The highest BCUT2D eigenvalue weighted by molar-refractivity contribution is 5.36. The topological polar surface area (TPSA) is 112 Å². The summed E-state index contributed by atoms with van der Waals surface area (Å²) in [4.78, 5) is 26.1. The molecule has 0 spiro atoms. The summed E-state index contributed by atoms with van der Waals surface area (Å²) < 4.78 is 0. The van der Waals surface area contributed by atoms with Crippen LogP contribution in [0.15, 0.2) is 9.59 Å². The van der Waals surface area contributed by atoms with Crippen molar-refractivity contribution in [2.24, 2.45) is 0 Å². The van der Waals surface area contributed by atoms with Gasteiger partial charge in [-0.1, -0.05) is 0 Å². The van der Waals surface area contributed by atoms with E-state index in [9.17, 15) is 9.59 Å². The number of aromatic amines is 2. The number of aromatic nitrogens is 2. The maximum Gasteiger partial charge on any atom is 0.327 e. The zero-order chi connectivity index (χ0) is 10.0. The number of hydrogen-bond acceptors (Lipinski definition) is 4. The number of nitrogens with two attached hydrogens (primary N) is 1. The van der Waals surface area contributed by atoms with E-state index < -0.39 is 17.4 Å². The van der Waals surface area contributed by atoms with Crippen LogP contribution in [0.5, 0.6) is 0 Å². The van der Waals surface area contributed by atoms with Crippen molar-refractivity contribution < 1.29 is 5.11 Å². The van der Waals surface area contributed by atoms with E-state index in [0.717, 1.165) is 0 Å². The molecular formula is C7H11N3O3. The van der Waals surface area contributed by atoms with Crippen molar-refractivity contribution in [1.82, 2.24) is 9.97 Å². The van der Waals surface area contributed by atoms with Crippen LogP contribution in [0.4, 0.5) is 5.82 Å². The van der Waals surface area contributed by atoms with Crippen LogP contribution < -0.4 is 17.0 Å². The molecule has 5 N–H and O–H groups in total. The lowest BCUT2D eigenvalue weighted by molar-refractivity contribution is 0.195. The number of aliphatic hydroxyl groups excluding tert-OH is 1. The van der Waals surface area contributed by atoms with Gasteiger partial charge in [-0.15, -0.1) is 0 Å². The molecule has 1 aromatic rings. The van der Waals surface area contributed by atoms with Crippen molar-refractivity contribution in [1.29, 1.82) is 0 Å². The third kappa shape index (κ3) is 2.19. The van der Waals surface area contributed by atoms with Crippen LogP contribution in [0.3, 0.4) is 0 Å². The molecule has 0 radical (unpaired) electrons. The Morgan fingerprint density at radius 3 is 2.54 bits per heavy atom. The van der Waals surface area contributed by atoms with Gasteiger partial charge in [0.25, 0.3) is 5.56 Å². The fraction of sp³-hybridized carbons (Fsp3) is 0.429. The van der Waals surface area contributed by atoms with Crippen LogP contribution in [0.2, 0.25) is 0 Å². The summed E-state index contributed by atoms with van der Waals surface area (Å²) in [6.45, 7) is 1.53. The van der Waals surface area contributed by atoms with Gasteiger partial charge in [0, 0.05) is 6.42 Å². The highest BCUT2D eigenvalue weighted by Crippen LogP contribution is 2.01. The van der Waals surface area contributed by atoms with E-state index in [4.69, 9.17) is 10.8 Å². The summed E-state index contributed by atoms with van der Waals surface area (Å²) in [6, 6.07) is 0. The molecule has 0 saturated heterocycles. The third-order valence-electron chi connectivity index (χ3n) is 1.57. The Bertz CT molecular complexity index is 404. The lowest BCUT2D eigenvalue weighted by Gasteiger charge is -2.04. The molecule has 1 aromatic heterocycles. The molecular weight excluding hydrogens is 174 g/mol. The lowest BCUT2D eigenvalue weighted by atomic mass is 10.1. The molecule has 0 fully saturated rings. The van der Waals surface area contributed by atoms with Crippen LogP contribution >= 0.6 is 0 Å². The van der Waals surface area contributed by atoms with E-state index in [1.54, 1.807) is 0 Å². The van der Waals surface area contributed by atoms with Crippen LogP contribution in [0.25, 0.3) is 0 Å². The van der Waals surface area contributed by atoms with Crippen molar-refractivity contribution in [3.8, 4) is 0 Å². The Morgan fingerprint density at radius 1 is 1.46 bits per heavy atom. The van der Waals surface area contributed by atoms with Gasteiger partial charge in [-0.3, -0.25) is 14.8 Å². The van der Waals surface area contributed by atoms with Gasteiger partial charge in [-0.2, -0.15) is 0 Å². The lowest BCUT2D eigenvalue weighted by Crippen LogP contribution is -2.29. The molecule has 0 bridgehead atoms. The Labute approximate surface area is 73.4 Å². The van der Waals surface area contributed by atoms with Crippen LogP contribution in [-0.4, -0.2) is 21.2 Å². The Kier molecular flexibility index (Phi) is 2.52. The van der Waals surface area contributed by atoms with Crippen molar-refractivity contribution in [3.63, 3.8) is 0 Å². The molecule has 72 valence electrons. The molecule has 1 unspecified atom stereocenters. The minimum Gasteiger partial charge on any atom is -0.393 e. The fourth-order valence-electron chi connectivity index (χ4n) is 1.03. The fourth-order valence-corrected chi connectivity index (χ4v) is 1.03. The summed E-state index contributed by atoms with van der Waals surface area (Å²) in [5.41, 5.74) is 4.39. The number of anilines is 1. The van der Waals surface area contributed by atoms with E-state index in [1.165, 1.54) is 6.92 Å². The van der Waals surface area contributed by atoms with Gasteiger partial charge in [0.1, 0.15) is 5.82 Å². The van der Waals surface area contributed by atoms with E-state index in [-0.39, 0.29) is 17.8 Å². The first-order valence-corrected chi connectivity index (χ1v) is 3.79. The van der Waals surface area contributed by atoms with E-state index >= 15 is 0 Å². The average Bonchev–Trinajstić information content (AvgIpc) is 1.96. The summed E-state index contributed by atoms with van der Waals surface area (Å²) in [6.07, 6.45) is -0.549. The Hall–Kier alpha value is -1.56. The number of nitrogen functional groups attached to an aromatic ring is 1. The first-order valence-electron chi connectivity index (χ1n) is 3.79. The van der Waals surface area contributed by atoms with Gasteiger partial charge < -0.3 is 10.8 Å². The maximum absolute atomic E-state index is 11.1. The number of nitrogens with one attached hydrogen (secondary N) is 2. The second kappa shape index (κ2) is 3.44. The van der Waals surface area contributed by atoms with Gasteiger partial charge in [-0.25, -0.2) is 4.79 Å². The van der Waals surface area contributed by atoms with Gasteiger partial charge in [0.05, 0.1) is 11.7 Å². The molecule has 13 heavy (non-hydrogen) atoms. The summed E-state index contributed by atoms with van der Waals surface area (Å²) >= 11 is 0. The minimum atomic E-state index is -0.672. The first kappa shape index (κ1) is 9.53. The molecule has 1 atom stereocenters. The highest BCUT2D eigenvalue weighted by atomic mass is 16.3. The summed E-state index contributed by atoms with van der Waals surface area (Å²) in [5, 5.41) is 9.02. The van der Waals surface area contributed by atoms with Gasteiger partial charge >= 0.3 is 5.69 Å². The van der Waals surface area contributed by atoms with Gasteiger partial charge in [-0.05, 0) is 6.92 Å². The Morgan fingerprint density at radius 2 is 2.08 bits per heavy atom. The van der Waals surface area contributed by atoms with Gasteiger partial charge in [0.15, 0.2) is 0 Å². The molecule has 1 heterocycles. The summed E-state index contributed by atoms with van der Waals surface area (Å²) in [7, 11) is 0. The largest absolute Gasteiger partial charge is 0.393 e. The van der Waals surface area contributed by atoms with Crippen molar-refractivity contribution in [2.45, 2.75) is 19.4 Å². The van der Waals surface area contributed by atoms with E-state index in [2.05, 4.69) is 4.98 Å². The van der Waals surface area contributed by atoms with Gasteiger partial charge in [0.2, 0.25) is 0 Å². The van der Waals surface area contributed by atoms with E-state index in [0.29, 0.717) is 0 Å². The molecule has 6 nitrogen and oxygen atoms in total. The smallest absolute Gasteiger partial charge is 0.327 e. The minimum absolute atomic E-state index is 0.00894. The number of H-pyrrole nitrogens is 2. The maximum atomic E-state index is 11.1. The zero-order valence-corrected chi connectivity index (χ0v) is 7.13. The molecule has 1 rings (SSSR count). The SMILES string of the molecule is CC(O)Cc1c(N)[nH]c(=O)[nH]c1=O. The average molecular weight is 185 g/mol. The quantitative estimate of drug-likeness (QED) is 0.452. The van der Waals surface area contributed by atoms with Crippen molar-refractivity contribution >= 4 is 5.82 Å². The standard InChI is InChI=1S/C7H11N3O3/c1-3(11)2-4-5(8)9-7(13)10-6(4)12/h3,11H,2H2,1H3,(H4,8,9,10,12,13). The molecule has 6 heteroatoms. The van der Waals surface area contributed by atoms with Crippen molar-refractivity contribution in [3.05, 3.63) is 26.4 Å². The van der Waals surface area contributed by atoms with Crippen LogP contribution in [0, 0.1) is 0 Å². The first-order chi connectivity index (χ1) is 6.00. The predicted octanol–water partition coefficient (Wildman–Crippen LogP) is -1.43. The third-order valence-corrected chi connectivity index (χ3v) is 1.57. The molecule has 0 aliphatic heterocycles. The highest BCUT2D eigenvalue weighted by Gasteiger charge is 2.08. The normalized spacial score (nSPS) is 12.8. The molecule has 0 aromatic carbocycles. The van der Waals surface area contributed by atoms with E-state index in [1.807, 2.05) is 4.98 Å². The zero-order valence-electron chi connectivity index (χ0n) is 7.13. The summed E-state index contributed by atoms with van der Waals surface area (Å²) in [5.74, 6) is 0.00894.